The highest BCUT2D eigenvalue weighted by Gasteiger charge is 2.20. The molecule has 174 valence electrons. The minimum atomic E-state index is -0.191. The molecule has 1 amide bonds. The van der Waals surface area contributed by atoms with E-state index in [0.717, 1.165) is 50.4 Å². The van der Waals surface area contributed by atoms with Crippen LogP contribution in [0.5, 0.6) is 23.0 Å². The molecule has 3 rings (SSSR count). The Balaban J connectivity index is 1.48. The normalized spacial score (nSPS) is 13.3. The van der Waals surface area contributed by atoms with E-state index in [1.807, 2.05) is 0 Å². The molecule has 0 atom stereocenters. The third-order valence-electron chi connectivity index (χ3n) is 5.69. The molecule has 0 aromatic heterocycles. The first-order valence-electron chi connectivity index (χ1n) is 10.7. The number of hydrogen-bond acceptors (Lipinski definition) is 7. The maximum atomic E-state index is 12.6. The van der Waals surface area contributed by atoms with E-state index >= 15 is 0 Å². The number of hydrogen-bond donors (Lipinski definition) is 2. The monoisotopic (exact) mass is 460 g/mol. The van der Waals surface area contributed by atoms with Crippen LogP contribution in [0, 0.1) is 0 Å². The number of thiol groups is 1. The van der Waals surface area contributed by atoms with Crippen LogP contribution in [0.25, 0.3) is 0 Å². The highest BCUT2D eigenvalue weighted by atomic mass is 32.1. The van der Waals surface area contributed by atoms with Crippen molar-refractivity contribution in [3.63, 3.8) is 0 Å². The number of benzene rings is 2. The van der Waals surface area contributed by atoms with Gasteiger partial charge in [-0.3, -0.25) is 9.69 Å². The summed E-state index contributed by atoms with van der Waals surface area (Å²) < 4.78 is 21.5. The molecule has 1 N–H and O–H groups in total. The van der Waals surface area contributed by atoms with Gasteiger partial charge < -0.3 is 24.3 Å². The van der Waals surface area contributed by atoms with Crippen molar-refractivity contribution in [2.45, 2.75) is 30.7 Å². The molecule has 32 heavy (non-hydrogen) atoms. The van der Waals surface area contributed by atoms with Crippen LogP contribution in [-0.2, 0) is 13.0 Å². The summed E-state index contributed by atoms with van der Waals surface area (Å²) in [6, 6.07) is 7.58. The van der Waals surface area contributed by atoms with E-state index in [-0.39, 0.29) is 5.91 Å². The molecule has 0 fully saturated rings. The number of ether oxygens (including phenoxy) is 4. The van der Waals surface area contributed by atoms with Gasteiger partial charge in [0, 0.05) is 24.5 Å². The van der Waals surface area contributed by atoms with Gasteiger partial charge in [-0.2, -0.15) is 0 Å². The van der Waals surface area contributed by atoms with Gasteiger partial charge >= 0.3 is 0 Å². The number of carbonyl (C=O) groups excluding carboxylic acids is 1. The van der Waals surface area contributed by atoms with Gasteiger partial charge in [-0.1, -0.05) is 0 Å². The molecule has 1 aliphatic rings. The van der Waals surface area contributed by atoms with Crippen molar-refractivity contribution in [3.8, 4) is 23.0 Å². The summed E-state index contributed by atoms with van der Waals surface area (Å²) in [6.45, 7) is 3.48. The van der Waals surface area contributed by atoms with Crippen LogP contribution in [0.15, 0.2) is 29.2 Å². The summed E-state index contributed by atoms with van der Waals surface area (Å²) >= 11 is 4.35. The quantitative estimate of drug-likeness (QED) is 0.417. The van der Waals surface area contributed by atoms with Gasteiger partial charge in [0.1, 0.15) is 0 Å². The van der Waals surface area contributed by atoms with Crippen LogP contribution in [0.2, 0.25) is 0 Å². The lowest BCUT2D eigenvalue weighted by Gasteiger charge is -2.29. The van der Waals surface area contributed by atoms with Gasteiger partial charge in [-0.25, -0.2) is 0 Å². The van der Waals surface area contributed by atoms with E-state index in [9.17, 15) is 4.79 Å². The van der Waals surface area contributed by atoms with Crippen molar-refractivity contribution in [1.82, 2.24) is 10.2 Å². The topological polar surface area (TPSA) is 69.3 Å². The highest BCUT2D eigenvalue weighted by Crippen LogP contribution is 2.34. The molecular weight excluding hydrogens is 428 g/mol. The lowest BCUT2D eigenvalue weighted by Crippen LogP contribution is -2.32. The van der Waals surface area contributed by atoms with Crippen LogP contribution < -0.4 is 24.3 Å². The van der Waals surface area contributed by atoms with Crippen LogP contribution in [0.4, 0.5) is 0 Å². The Morgan fingerprint density at radius 1 is 0.938 bits per heavy atom. The Kier molecular flexibility index (Phi) is 8.53. The predicted molar refractivity (Wildman–Crippen MR) is 127 cm³/mol. The first-order valence-corrected chi connectivity index (χ1v) is 11.1. The van der Waals surface area contributed by atoms with Gasteiger partial charge in [0.05, 0.1) is 34.0 Å². The predicted octanol–water partition coefficient (Wildman–Crippen LogP) is 3.58. The van der Waals surface area contributed by atoms with Crippen LogP contribution in [0.1, 0.15) is 34.3 Å². The second-order valence-corrected chi connectivity index (χ2v) is 8.21. The van der Waals surface area contributed by atoms with Crippen LogP contribution in [-0.4, -0.2) is 58.9 Å². The molecule has 7 nitrogen and oxygen atoms in total. The Hall–Kier alpha value is -2.58. The number of nitrogens with zero attached hydrogens (tertiary/aromatic N) is 1. The lowest BCUT2D eigenvalue weighted by atomic mass is 9.98. The zero-order valence-corrected chi connectivity index (χ0v) is 20.1. The summed E-state index contributed by atoms with van der Waals surface area (Å²) in [5.41, 5.74) is 3.03. The van der Waals surface area contributed by atoms with E-state index in [0.29, 0.717) is 28.5 Å². The smallest absolute Gasteiger partial charge is 0.255 e. The zero-order valence-electron chi connectivity index (χ0n) is 19.2. The summed E-state index contributed by atoms with van der Waals surface area (Å²) in [5, 5.41) is 2.98. The average Bonchev–Trinajstić information content (AvgIpc) is 2.81. The molecule has 2 aromatic rings. The third-order valence-corrected chi connectivity index (χ3v) is 5.95. The van der Waals surface area contributed by atoms with Crippen molar-refractivity contribution in [3.05, 3.63) is 41.0 Å². The Bertz CT molecular complexity index is 950. The second-order valence-electron chi connectivity index (χ2n) is 7.69. The number of rotatable bonds is 10. The Labute approximate surface area is 195 Å². The minimum absolute atomic E-state index is 0.191. The number of amides is 1. The van der Waals surface area contributed by atoms with Gasteiger partial charge in [-0.15, -0.1) is 12.6 Å². The molecule has 2 aromatic carbocycles. The summed E-state index contributed by atoms with van der Waals surface area (Å²) in [5.74, 6) is 2.27. The number of nitrogens with one attached hydrogen (secondary N) is 1. The summed E-state index contributed by atoms with van der Waals surface area (Å²) in [4.78, 5) is 15.7. The molecule has 0 bridgehead atoms. The van der Waals surface area contributed by atoms with Crippen molar-refractivity contribution >= 4 is 18.5 Å². The van der Waals surface area contributed by atoms with Crippen molar-refractivity contribution < 1.29 is 23.7 Å². The third kappa shape index (κ3) is 5.61. The molecule has 0 saturated carbocycles. The number of fused-ring (bicyclic) bond motifs is 1. The van der Waals surface area contributed by atoms with Gasteiger partial charge in [0.2, 0.25) is 0 Å². The standard InChI is InChI=1S/C24H32N2O5S/c1-28-20-11-16-7-10-26(15-17(16)12-21(20)29-2)9-6-5-8-25-24(27)19-13-18(32)14-22(30-3)23(19)31-4/h11-14,32H,5-10,15H2,1-4H3,(H,25,27). The minimum Gasteiger partial charge on any atom is -0.493 e. The Morgan fingerprint density at radius 3 is 2.28 bits per heavy atom. The zero-order chi connectivity index (χ0) is 23.1. The molecule has 0 radical (unpaired) electrons. The first-order chi connectivity index (χ1) is 15.5. The number of unbranched alkanes of at least 4 members (excludes halogenated alkanes) is 1. The average molecular weight is 461 g/mol. The van der Waals surface area contributed by atoms with Gasteiger partial charge in [0.25, 0.3) is 5.91 Å². The van der Waals surface area contributed by atoms with Crippen LogP contribution >= 0.6 is 12.6 Å². The molecule has 0 aliphatic carbocycles. The maximum Gasteiger partial charge on any atom is 0.255 e. The van der Waals surface area contributed by atoms with E-state index in [4.69, 9.17) is 18.9 Å². The van der Waals surface area contributed by atoms with Gasteiger partial charge in [0.15, 0.2) is 23.0 Å². The SMILES string of the molecule is COc1cc2c(cc1OC)CN(CCCCNC(=O)c1cc(S)cc(OC)c1OC)CC2. The highest BCUT2D eigenvalue weighted by molar-refractivity contribution is 7.80. The molecule has 0 spiro atoms. The van der Waals surface area contributed by atoms with Crippen molar-refractivity contribution in [2.75, 3.05) is 48.1 Å². The summed E-state index contributed by atoms with van der Waals surface area (Å²) in [7, 11) is 6.39. The Morgan fingerprint density at radius 2 is 1.62 bits per heavy atom. The lowest BCUT2D eigenvalue weighted by molar-refractivity contribution is 0.0948. The number of methoxy groups -OCH3 is 4. The number of carbonyl (C=O) groups is 1. The molecule has 0 unspecified atom stereocenters. The molecule has 8 heteroatoms. The van der Waals surface area contributed by atoms with E-state index in [1.54, 1.807) is 33.5 Å². The fourth-order valence-corrected chi connectivity index (χ4v) is 4.25. The fourth-order valence-electron chi connectivity index (χ4n) is 4.01. The molecule has 0 saturated heterocycles. The molecular formula is C24H32N2O5S. The molecule has 1 heterocycles. The molecule has 1 aliphatic heterocycles. The second kappa shape index (κ2) is 11.3. The van der Waals surface area contributed by atoms with Crippen molar-refractivity contribution in [2.24, 2.45) is 0 Å². The van der Waals surface area contributed by atoms with E-state index < -0.39 is 0 Å². The van der Waals surface area contributed by atoms with Gasteiger partial charge in [-0.05, 0) is 61.2 Å². The van der Waals surface area contributed by atoms with Crippen molar-refractivity contribution in [1.29, 1.82) is 0 Å². The fraction of sp³-hybridized carbons (Fsp3) is 0.458. The van der Waals surface area contributed by atoms with E-state index in [2.05, 4.69) is 35.0 Å². The largest absolute Gasteiger partial charge is 0.493 e. The first kappa shape index (κ1) is 24.1. The van der Waals surface area contributed by atoms with Crippen LogP contribution in [0.3, 0.4) is 0 Å². The summed E-state index contributed by atoms with van der Waals surface area (Å²) in [6.07, 6.45) is 2.88. The maximum absolute atomic E-state index is 12.6. The van der Waals surface area contributed by atoms with E-state index in [1.165, 1.54) is 18.2 Å².